The fourth-order valence-electron chi connectivity index (χ4n) is 6.38. The third-order valence-electron chi connectivity index (χ3n) is 9.47. The van der Waals surface area contributed by atoms with Crippen LogP contribution in [0.1, 0.15) is 226 Å². The number of amides is 1. The lowest BCUT2D eigenvalue weighted by atomic mass is 10.0. The van der Waals surface area contributed by atoms with Gasteiger partial charge in [0, 0.05) is 19.0 Å². The molecule has 0 aromatic rings. The Labute approximate surface area is 277 Å². The van der Waals surface area contributed by atoms with E-state index in [0.29, 0.717) is 6.42 Å². The zero-order valence-corrected chi connectivity index (χ0v) is 30.4. The number of nitrogens with one attached hydrogen (secondary N) is 2. The highest BCUT2D eigenvalue weighted by molar-refractivity contribution is 5.76. The lowest BCUT2D eigenvalue weighted by Crippen LogP contribution is -2.38. The molecule has 264 valence electrons. The van der Waals surface area contributed by atoms with E-state index in [1.54, 1.807) is 0 Å². The molecule has 0 aliphatic rings. The van der Waals surface area contributed by atoms with Crippen LogP contribution in [-0.4, -0.2) is 36.8 Å². The molecular formula is C40H82N2O2. The van der Waals surface area contributed by atoms with Crippen LogP contribution in [0.2, 0.25) is 0 Å². The zero-order chi connectivity index (χ0) is 32.0. The van der Waals surface area contributed by atoms with Crippen molar-refractivity contribution in [2.24, 2.45) is 0 Å². The highest BCUT2D eigenvalue weighted by Gasteiger charge is 2.11. The topological polar surface area (TPSA) is 61.4 Å². The third-order valence-corrected chi connectivity index (χ3v) is 9.47. The summed E-state index contributed by atoms with van der Waals surface area (Å²) in [5.74, 6) is 0.0736. The molecule has 0 heterocycles. The maximum Gasteiger partial charge on any atom is 0.221 e. The number of rotatable bonds is 38. The molecular weight excluding hydrogens is 540 g/mol. The average Bonchev–Trinajstić information content (AvgIpc) is 3.03. The predicted molar refractivity (Wildman–Crippen MR) is 196 cm³/mol. The minimum atomic E-state index is -0.114. The van der Waals surface area contributed by atoms with Gasteiger partial charge in [0.25, 0.3) is 0 Å². The van der Waals surface area contributed by atoms with Gasteiger partial charge in [0.05, 0.1) is 6.61 Å². The number of aliphatic hydroxyl groups is 1. The molecule has 0 radical (unpaired) electrons. The first-order chi connectivity index (χ1) is 21.7. The minimum absolute atomic E-state index is 0.0331. The van der Waals surface area contributed by atoms with Gasteiger partial charge in [-0.25, -0.2) is 0 Å². The van der Waals surface area contributed by atoms with Crippen LogP contribution < -0.4 is 10.6 Å². The van der Waals surface area contributed by atoms with Crippen molar-refractivity contribution in [3.63, 3.8) is 0 Å². The van der Waals surface area contributed by atoms with Gasteiger partial charge in [-0.05, 0) is 19.4 Å². The minimum Gasteiger partial charge on any atom is -0.395 e. The number of unbranched alkanes of at least 4 members (excludes halogenated alkanes) is 30. The second-order valence-corrected chi connectivity index (χ2v) is 14.0. The van der Waals surface area contributed by atoms with Crippen molar-refractivity contribution >= 4 is 5.91 Å². The first-order valence-corrected chi connectivity index (χ1v) is 20.4. The van der Waals surface area contributed by atoms with Crippen molar-refractivity contribution in [1.29, 1.82) is 0 Å². The quantitative estimate of drug-likeness (QED) is 0.0600. The van der Waals surface area contributed by atoms with E-state index in [2.05, 4.69) is 24.5 Å². The summed E-state index contributed by atoms with van der Waals surface area (Å²) in [5.41, 5.74) is 0. The second-order valence-electron chi connectivity index (χ2n) is 14.0. The van der Waals surface area contributed by atoms with Crippen LogP contribution in [0.25, 0.3) is 0 Å². The number of carbonyl (C=O) groups is 1. The van der Waals surface area contributed by atoms with Crippen LogP contribution in [0.4, 0.5) is 0 Å². The Morgan fingerprint density at radius 2 is 0.705 bits per heavy atom. The summed E-state index contributed by atoms with van der Waals surface area (Å²) in [5, 5.41) is 16.2. The van der Waals surface area contributed by atoms with E-state index >= 15 is 0 Å². The molecule has 1 unspecified atom stereocenters. The first-order valence-electron chi connectivity index (χ1n) is 20.4. The van der Waals surface area contributed by atoms with Crippen molar-refractivity contribution < 1.29 is 9.90 Å². The van der Waals surface area contributed by atoms with Crippen LogP contribution >= 0.6 is 0 Å². The summed E-state index contributed by atoms with van der Waals surface area (Å²) >= 11 is 0. The predicted octanol–water partition coefficient (Wildman–Crippen LogP) is 12.0. The standard InChI is InChI=1S/C40H82N2O2/c1-3-5-7-9-11-13-15-17-19-21-23-25-27-29-31-33-35-41-39(38-43)37-40(44)42-36-34-32-30-28-26-24-22-20-18-16-14-12-10-8-6-4-2/h39,41,43H,3-38H2,1-2H3,(H,42,44). The molecule has 1 amide bonds. The Balaban J connectivity index is 3.36. The molecule has 4 nitrogen and oxygen atoms in total. The summed E-state index contributed by atoms with van der Waals surface area (Å²) in [6.45, 7) is 6.28. The average molecular weight is 623 g/mol. The molecule has 4 heteroatoms. The molecule has 0 bridgehead atoms. The van der Waals surface area contributed by atoms with Gasteiger partial charge >= 0.3 is 0 Å². The van der Waals surface area contributed by atoms with Crippen molar-refractivity contribution in [2.45, 2.75) is 232 Å². The molecule has 0 aliphatic heterocycles. The van der Waals surface area contributed by atoms with Gasteiger partial charge in [-0.3, -0.25) is 4.79 Å². The molecule has 1 atom stereocenters. The number of carbonyl (C=O) groups excluding carboxylic acids is 1. The van der Waals surface area contributed by atoms with Crippen molar-refractivity contribution in [2.75, 3.05) is 19.7 Å². The van der Waals surface area contributed by atoms with E-state index in [4.69, 9.17) is 0 Å². The maximum atomic E-state index is 12.3. The van der Waals surface area contributed by atoms with E-state index in [0.717, 1.165) is 25.9 Å². The summed E-state index contributed by atoms with van der Waals surface area (Å²) in [6.07, 6.45) is 44.3. The van der Waals surface area contributed by atoms with Crippen LogP contribution in [0, 0.1) is 0 Å². The van der Waals surface area contributed by atoms with Crippen LogP contribution in [-0.2, 0) is 4.79 Å². The Kier molecular flexibility index (Phi) is 38.0. The van der Waals surface area contributed by atoms with Crippen molar-refractivity contribution in [3.05, 3.63) is 0 Å². The van der Waals surface area contributed by atoms with Gasteiger partial charge < -0.3 is 15.7 Å². The number of hydrogen-bond donors (Lipinski definition) is 3. The molecule has 0 rings (SSSR count). The van der Waals surface area contributed by atoms with Crippen LogP contribution in [0.5, 0.6) is 0 Å². The van der Waals surface area contributed by atoms with Gasteiger partial charge in [-0.15, -0.1) is 0 Å². The fourth-order valence-corrected chi connectivity index (χ4v) is 6.38. The molecule has 44 heavy (non-hydrogen) atoms. The fraction of sp³-hybridized carbons (Fsp3) is 0.975. The van der Waals surface area contributed by atoms with E-state index < -0.39 is 0 Å². The molecule has 0 aromatic heterocycles. The summed E-state index contributed by atoms with van der Waals surface area (Å²) in [6, 6.07) is -0.114. The smallest absolute Gasteiger partial charge is 0.221 e. The third kappa shape index (κ3) is 35.9. The summed E-state index contributed by atoms with van der Waals surface area (Å²) in [7, 11) is 0. The van der Waals surface area contributed by atoms with E-state index in [-0.39, 0.29) is 18.6 Å². The Bertz CT molecular complexity index is 541. The van der Waals surface area contributed by atoms with Crippen molar-refractivity contribution in [1.82, 2.24) is 10.6 Å². The first kappa shape index (κ1) is 43.4. The Morgan fingerprint density at radius 3 is 1.00 bits per heavy atom. The van der Waals surface area contributed by atoms with Crippen LogP contribution in [0.3, 0.4) is 0 Å². The summed E-state index contributed by atoms with van der Waals surface area (Å²) < 4.78 is 0. The zero-order valence-electron chi connectivity index (χ0n) is 30.4. The van der Waals surface area contributed by atoms with Crippen LogP contribution in [0.15, 0.2) is 0 Å². The molecule has 0 aromatic carbocycles. The maximum absolute atomic E-state index is 12.3. The molecule has 0 spiro atoms. The van der Waals surface area contributed by atoms with E-state index in [1.807, 2.05) is 0 Å². The Morgan fingerprint density at radius 1 is 0.432 bits per heavy atom. The lowest BCUT2D eigenvalue weighted by Gasteiger charge is -2.16. The largest absolute Gasteiger partial charge is 0.395 e. The molecule has 0 fully saturated rings. The number of aliphatic hydroxyl groups excluding tert-OH is 1. The second kappa shape index (κ2) is 38.6. The molecule has 0 saturated heterocycles. The normalized spacial score (nSPS) is 12.2. The van der Waals surface area contributed by atoms with Gasteiger partial charge in [-0.2, -0.15) is 0 Å². The van der Waals surface area contributed by atoms with Gasteiger partial charge in [0.2, 0.25) is 5.91 Å². The van der Waals surface area contributed by atoms with E-state index in [1.165, 1.54) is 193 Å². The van der Waals surface area contributed by atoms with E-state index in [9.17, 15) is 9.90 Å². The monoisotopic (exact) mass is 623 g/mol. The van der Waals surface area contributed by atoms with Crippen molar-refractivity contribution in [3.8, 4) is 0 Å². The molecule has 0 aliphatic carbocycles. The highest BCUT2D eigenvalue weighted by atomic mass is 16.3. The van der Waals surface area contributed by atoms with Gasteiger partial charge in [0.15, 0.2) is 0 Å². The molecule has 3 N–H and O–H groups in total. The van der Waals surface area contributed by atoms with Gasteiger partial charge in [-0.1, -0.05) is 206 Å². The lowest BCUT2D eigenvalue weighted by molar-refractivity contribution is -0.121. The van der Waals surface area contributed by atoms with Gasteiger partial charge in [0.1, 0.15) is 0 Å². The number of hydrogen-bond acceptors (Lipinski definition) is 3. The molecule has 0 saturated carbocycles. The summed E-state index contributed by atoms with van der Waals surface area (Å²) in [4.78, 5) is 12.3. The highest BCUT2D eigenvalue weighted by Crippen LogP contribution is 2.15. The SMILES string of the molecule is CCCCCCCCCCCCCCCCCCNC(=O)CC(CO)NCCCCCCCCCCCCCCCCCC. The Hall–Kier alpha value is -0.610.